The predicted octanol–water partition coefficient (Wildman–Crippen LogP) is 0.244. The van der Waals surface area contributed by atoms with Crippen molar-refractivity contribution in [2.45, 2.75) is 6.42 Å². The average molecular weight is 249 g/mol. The van der Waals surface area contributed by atoms with Gasteiger partial charge < -0.3 is 19.9 Å². The van der Waals surface area contributed by atoms with Crippen LogP contribution in [0.1, 0.15) is 16.9 Å². The average Bonchev–Trinajstić information content (AvgIpc) is 2.74. The number of aromatic hydroxyl groups is 1. The van der Waals surface area contributed by atoms with E-state index in [2.05, 4.69) is 10.3 Å². The number of imidazole rings is 1. The minimum atomic E-state index is -0.983. The van der Waals surface area contributed by atoms with E-state index >= 15 is 0 Å². The number of carboxylic acids is 1. The lowest BCUT2D eigenvalue weighted by atomic mass is 10.4. The summed E-state index contributed by atoms with van der Waals surface area (Å²) >= 11 is 0. The molecule has 0 radical (unpaired) electrons. The molecule has 2 aromatic heterocycles. The van der Waals surface area contributed by atoms with Gasteiger partial charge in [0.2, 0.25) is 0 Å². The molecular formula is C11H11N3O4. The Morgan fingerprint density at radius 2 is 2.22 bits per heavy atom. The molecule has 0 saturated carbocycles. The third-order valence-corrected chi connectivity index (χ3v) is 2.32. The first-order chi connectivity index (χ1) is 8.58. The highest BCUT2D eigenvalue weighted by atomic mass is 16.4. The number of nitrogens with zero attached hydrogens (tertiary/aromatic N) is 2. The fourth-order valence-corrected chi connectivity index (χ4v) is 1.48. The van der Waals surface area contributed by atoms with E-state index in [9.17, 15) is 14.7 Å². The van der Waals surface area contributed by atoms with Crippen LogP contribution in [0, 0.1) is 0 Å². The highest BCUT2D eigenvalue weighted by Crippen LogP contribution is 2.16. The lowest BCUT2D eigenvalue weighted by Crippen LogP contribution is -2.26. The highest BCUT2D eigenvalue weighted by molar-refractivity contribution is 5.93. The Morgan fingerprint density at radius 1 is 1.44 bits per heavy atom. The number of rotatable bonds is 4. The maximum atomic E-state index is 11.6. The zero-order valence-electron chi connectivity index (χ0n) is 9.33. The predicted molar refractivity (Wildman–Crippen MR) is 61.4 cm³/mol. The van der Waals surface area contributed by atoms with Crippen molar-refractivity contribution in [2.75, 3.05) is 6.54 Å². The number of pyridine rings is 1. The summed E-state index contributed by atoms with van der Waals surface area (Å²) in [6.07, 6.45) is 2.96. The quantitative estimate of drug-likeness (QED) is 0.720. The molecule has 2 aromatic rings. The number of carboxylic acid groups (broad SMARTS) is 1. The first-order valence-electron chi connectivity index (χ1n) is 5.24. The molecule has 0 saturated heterocycles. The van der Waals surface area contributed by atoms with Gasteiger partial charge in [-0.3, -0.25) is 9.59 Å². The van der Waals surface area contributed by atoms with E-state index in [0.29, 0.717) is 0 Å². The third-order valence-electron chi connectivity index (χ3n) is 2.32. The molecule has 18 heavy (non-hydrogen) atoms. The topological polar surface area (TPSA) is 104 Å². The lowest BCUT2D eigenvalue weighted by Gasteiger charge is -1.99. The number of hydrogen-bond donors (Lipinski definition) is 3. The normalized spacial score (nSPS) is 10.4. The Bertz CT molecular complexity index is 605. The van der Waals surface area contributed by atoms with Gasteiger partial charge in [0, 0.05) is 18.9 Å². The van der Waals surface area contributed by atoms with Gasteiger partial charge >= 0.3 is 5.97 Å². The van der Waals surface area contributed by atoms with E-state index in [1.807, 2.05) is 0 Å². The maximum absolute atomic E-state index is 11.6. The second-order valence-corrected chi connectivity index (χ2v) is 3.65. The molecular weight excluding hydrogens is 238 g/mol. The fourth-order valence-electron chi connectivity index (χ4n) is 1.48. The molecule has 7 nitrogen and oxygen atoms in total. The number of aliphatic carboxylic acids is 1. The summed E-state index contributed by atoms with van der Waals surface area (Å²) in [4.78, 5) is 25.9. The second kappa shape index (κ2) is 4.74. The van der Waals surface area contributed by atoms with Crippen molar-refractivity contribution in [2.24, 2.45) is 0 Å². The Balaban J connectivity index is 2.13. The van der Waals surface area contributed by atoms with Gasteiger partial charge in [-0.05, 0) is 12.1 Å². The summed E-state index contributed by atoms with van der Waals surface area (Å²) in [5, 5.41) is 20.4. The van der Waals surface area contributed by atoms with Crippen molar-refractivity contribution in [3.63, 3.8) is 0 Å². The standard InChI is InChI=1S/C11H11N3O4/c15-8-2-1-5-14-6-7(13-10(8)14)11(18)12-4-3-9(16)17/h1-2,5-6,15H,3-4H2,(H,12,18)(H,16,17). The summed E-state index contributed by atoms with van der Waals surface area (Å²) in [5.41, 5.74) is 0.405. The van der Waals surface area contributed by atoms with E-state index in [1.165, 1.54) is 16.7 Å². The number of fused-ring (bicyclic) bond motifs is 1. The van der Waals surface area contributed by atoms with Crippen LogP contribution in [-0.2, 0) is 4.79 Å². The van der Waals surface area contributed by atoms with Crippen LogP contribution in [0.25, 0.3) is 5.65 Å². The van der Waals surface area contributed by atoms with Crippen LogP contribution in [0.5, 0.6) is 5.75 Å². The summed E-state index contributed by atoms with van der Waals surface area (Å²) in [6, 6.07) is 3.09. The van der Waals surface area contributed by atoms with E-state index in [1.54, 1.807) is 12.3 Å². The molecule has 3 N–H and O–H groups in total. The molecule has 2 heterocycles. The largest absolute Gasteiger partial charge is 0.504 e. The Kier molecular flexibility index (Phi) is 3.13. The Hall–Kier alpha value is -2.57. The molecule has 0 aliphatic carbocycles. The van der Waals surface area contributed by atoms with Gasteiger partial charge in [-0.25, -0.2) is 4.98 Å². The van der Waals surface area contributed by atoms with Gasteiger partial charge in [0.05, 0.1) is 6.42 Å². The Morgan fingerprint density at radius 3 is 2.89 bits per heavy atom. The molecule has 0 aliphatic heterocycles. The fraction of sp³-hybridized carbons (Fsp3) is 0.182. The number of carbonyl (C=O) groups excluding carboxylic acids is 1. The first-order valence-corrected chi connectivity index (χ1v) is 5.24. The maximum Gasteiger partial charge on any atom is 0.305 e. The van der Waals surface area contributed by atoms with Gasteiger partial charge in [0.1, 0.15) is 5.69 Å². The van der Waals surface area contributed by atoms with Gasteiger partial charge in [-0.1, -0.05) is 0 Å². The zero-order valence-corrected chi connectivity index (χ0v) is 9.33. The van der Waals surface area contributed by atoms with Gasteiger partial charge in [-0.2, -0.15) is 0 Å². The van der Waals surface area contributed by atoms with Gasteiger partial charge in [0.15, 0.2) is 11.4 Å². The molecule has 0 aromatic carbocycles. The molecule has 2 rings (SSSR count). The molecule has 0 spiro atoms. The monoisotopic (exact) mass is 249 g/mol. The van der Waals surface area contributed by atoms with Crippen LogP contribution in [0.3, 0.4) is 0 Å². The molecule has 94 valence electrons. The van der Waals surface area contributed by atoms with Crippen molar-refractivity contribution < 1.29 is 19.8 Å². The van der Waals surface area contributed by atoms with Gasteiger partial charge in [0.25, 0.3) is 5.91 Å². The van der Waals surface area contributed by atoms with Crippen molar-refractivity contribution >= 4 is 17.5 Å². The summed E-state index contributed by atoms with van der Waals surface area (Å²) in [6.45, 7) is 0.0357. The number of nitrogens with one attached hydrogen (secondary N) is 1. The van der Waals surface area contributed by atoms with Crippen LogP contribution in [0.15, 0.2) is 24.5 Å². The summed E-state index contributed by atoms with van der Waals surface area (Å²) in [5.74, 6) is -1.48. The van der Waals surface area contributed by atoms with Crippen LogP contribution in [-0.4, -0.2) is 38.0 Å². The Labute approximate surface area is 102 Å². The van der Waals surface area contributed by atoms with Crippen molar-refractivity contribution in [1.29, 1.82) is 0 Å². The van der Waals surface area contributed by atoms with Crippen molar-refractivity contribution in [3.8, 4) is 5.75 Å². The van der Waals surface area contributed by atoms with Crippen LogP contribution in [0.4, 0.5) is 0 Å². The third kappa shape index (κ3) is 2.40. The van der Waals surface area contributed by atoms with E-state index in [0.717, 1.165) is 0 Å². The molecule has 0 aliphatic rings. The number of aromatic nitrogens is 2. The summed E-state index contributed by atoms with van der Waals surface area (Å²) in [7, 11) is 0. The van der Waals surface area contributed by atoms with Crippen molar-refractivity contribution in [1.82, 2.24) is 14.7 Å². The summed E-state index contributed by atoms with van der Waals surface area (Å²) < 4.78 is 1.52. The second-order valence-electron chi connectivity index (χ2n) is 3.65. The van der Waals surface area contributed by atoms with Crippen LogP contribution in [0.2, 0.25) is 0 Å². The SMILES string of the molecule is O=C(O)CCNC(=O)c1cn2cccc(O)c2n1. The van der Waals surface area contributed by atoms with Gasteiger partial charge in [-0.15, -0.1) is 0 Å². The number of hydrogen-bond acceptors (Lipinski definition) is 4. The van der Waals surface area contributed by atoms with Crippen molar-refractivity contribution in [3.05, 3.63) is 30.2 Å². The van der Waals surface area contributed by atoms with E-state index < -0.39 is 11.9 Å². The van der Waals surface area contributed by atoms with E-state index in [4.69, 9.17) is 5.11 Å². The molecule has 0 bridgehead atoms. The molecule has 1 amide bonds. The number of carbonyl (C=O) groups is 2. The first kappa shape index (κ1) is 11.9. The molecule has 7 heteroatoms. The smallest absolute Gasteiger partial charge is 0.305 e. The molecule has 0 fully saturated rings. The minimum Gasteiger partial charge on any atom is -0.504 e. The molecule has 0 unspecified atom stereocenters. The molecule has 0 atom stereocenters. The van der Waals surface area contributed by atoms with Crippen LogP contribution >= 0.6 is 0 Å². The zero-order chi connectivity index (χ0) is 13.1. The number of amides is 1. The van der Waals surface area contributed by atoms with E-state index in [-0.39, 0.29) is 30.1 Å². The lowest BCUT2D eigenvalue weighted by molar-refractivity contribution is -0.136. The highest BCUT2D eigenvalue weighted by Gasteiger charge is 2.12. The minimum absolute atomic E-state index is 0.0258. The van der Waals surface area contributed by atoms with Crippen LogP contribution < -0.4 is 5.32 Å².